The molecule has 108 valence electrons. The highest BCUT2D eigenvalue weighted by molar-refractivity contribution is 5.30. The predicted octanol–water partition coefficient (Wildman–Crippen LogP) is 2.30. The van der Waals surface area contributed by atoms with E-state index in [-0.39, 0.29) is 0 Å². The van der Waals surface area contributed by atoms with Crippen molar-refractivity contribution in [2.24, 2.45) is 0 Å². The summed E-state index contributed by atoms with van der Waals surface area (Å²) in [6, 6.07) is 10.7. The zero-order valence-electron chi connectivity index (χ0n) is 12.6. The van der Waals surface area contributed by atoms with E-state index in [1.165, 1.54) is 5.56 Å². The number of rotatable bonds is 7. The van der Waals surface area contributed by atoms with Gasteiger partial charge in [0.05, 0.1) is 11.9 Å². The first-order chi connectivity index (χ1) is 9.65. The van der Waals surface area contributed by atoms with Crippen LogP contribution in [0.1, 0.15) is 18.9 Å². The van der Waals surface area contributed by atoms with Crippen LogP contribution in [0.15, 0.2) is 42.7 Å². The number of nitrogens with zero attached hydrogens (tertiary/aromatic N) is 3. The standard InChI is InChI=1S/C16H24N4/c1-14(9-10-19(2)3)17-11-15-12-18-20(13-15)16-7-5-4-6-8-16/h4-8,12-14,17H,9-11H2,1-3H3. The maximum atomic E-state index is 4.41. The number of nitrogens with one attached hydrogen (secondary N) is 1. The summed E-state index contributed by atoms with van der Waals surface area (Å²) in [5.41, 5.74) is 2.31. The van der Waals surface area contributed by atoms with Crippen LogP contribution in [0.3, 0.4) is 0 Å². The molecule has 4 nitrogen and oxygen atoms in total. The molecule has 1 unspecified atom stereocenters. The Bertz CT molecular complexity index is 504. The van der Waals surface area contributed by atoms with Crippen LogP contribution in [0, 0.1) is 0 Å². The van der Waals surface area contributed by atoms with Gasteiger partial charge in [-0.25, -0.2) is 4.68 Å². The lowest BCUT2D eigenvalue weighted by atomic mass is 10.2. The highest BCUT2D eigenvalue weighted by Crippen LogP contribution is 2.07. The van der Waals surface area contributed by atoms with Gasteiger partial charge in [0.15, 0.2) is 0 Å². The average Bonchev–Trinajstić information content (AvgIpc) is 2.93. The predicted molar refractivity (Wildman–Crippen MR) is 83.0 cm³/mol. The SMILES string of the molecule is CC(CCN(C)C)NCc1cnn(-c2ccccc2)c1. The minimum atomic E-state index is 0.512. The number of para-hydroxylation sites is 1. The van der Waals surface area contributed by atoms with E-state index in [1.54, 1.807) is 0 Å². The highest BCUT2D eigenvalue weighted by atomic mass is 15.3. The third-order valence-electron chi connectivity index (χ3n) is 3.32. The Balaban J connectivity index is 1.84. The Morgan fingerprint density at radius 1 is 1.25 bits per heavy atom. The van der Waals surface area contributed by atoms with Crippen LogP contribution in [0.25, 0.3) is 5.69 Å². The van der Waals surface area contributed by atoms with Gasteiger partial charge in [-0.05, 0) is 46.1 Å². The Kier molecular flexibility index (Phi) is 5.32. The van der Waals surface area contributed by atoms with Gasteiger partial charge < -0.3 is 10.2 Å². The molecule has 0 bridgehead atoms. The molecule has 0 radical (unpaired) electrons. The molecular weight excluding hydrogens is 248 g/mol. The fraction of sp³-hybridized carbons (Fsp3) is 0.438. The van der Waals surface area contributed by atoms with E-state index in [1.807, 2.05) is 29.1 Å². The number of hydrogen-bond donors (Lipinski definition) is 1. The van der Waals surface area contributed by atoms with Gasteiger partial charge in [-0.3, -0.25) is 0 Å². The summed E-state index contributed by atoms with van der Waals surface area (Å²) in [5, 5.41) is 7.95. The van der Waals surface area contributed by atoms with Gasteiger partial charge in [-0.2, -0.15) is 5.10 Å². The van der Waals surface area contributed by atoms with E-state index in [0.29, 0.717) is 6.04 Å². The van der Waals surface area contributed by atoms with Crippen molar-refractivity contribution < 1.29 is 0 Å². The van der Waals surface area contributed by atoms with Crippen molar-refractivity contribution in [3.63, 3.8) is 0 Å². The van der Waals surface area contributed by atoms with E-state index in [2.05, 4.69) is 54.7 Å². The lowest BCUT2D eigenvalue weighted by Crippen LogP contribution is -2.29. The van der Waals surface area contributed by atoms with Crippen molar-refractivity contribution in [2.45, 2.75) is 25.9 Å². The van der Waals surface area contributed by atoms with Crippen molar-refractivity contribution in [3.05, 3.63) is 48.3 Å². The van der Waals surface area contributed by atoms with Crippen molar-refractivity contribution >= 4 is 0 Å². The van der Waals surface area contributed by atoms with Gasteiger partial charge in [0.1, 0.15) is 0 Å². The molecule has 1 heterocycles. The maximum absolute atomic E-state index is 4.41. The molecule has 0 aliphatic rings. The zero-order valence-corrected chi connectivity index (χ0v) is 12.6. The van der Waals surface area contributed by atoms with Crippen molar-refractivity contribution in [1.29, 1.82) is 0 Å². The van der Waals surface area contributed by atoms with Gasteiger partial charge in [-0.1, -0.05) is 18.2 Å². The number of benzene rings is 1. The lowest BCUT2D eigenvalue weighted by molar-refractivity contribution is 0.365. The summed E-state index contributed by atoms with van der Waals surface area (Å²) in [7, 11) is 4.22. The molecule has 20 heavy (non-hydrogen) atoms. The van der Waals surface area contributed by atoms with Gasteiger partial charge in [0.2, 0.25) is 0 Å². The van der Waals surface area contributed by atoms with E-state index >= 15 is 0 Å². The summed E-state index contributed by atoms with van der Waals surface area (Å²) in [4.78, 5) is 2.21. The van der Waals surface area contributed by atoms with E-state index < -0.39 is 0 Å². The van der Waals surface area contributed by atoms with Crippen LogP contribution in [0.2, 0.25) is 0 Å². The first kappa shape index (κ1) is 14.8. The summed E-state index contributed by atoms with van der Waals surface area (Å²) in [6.45, 7) is 4.20. The third kappa shape index (κ3) is 4.47. The normalized spacial score (nSPS) is 12.8. The summed E-state index contributed by atoms with van der Waals surface area (Å²) < 4.78 is 1.92. The van der Waals surface area contributed by atoms with Crippen molar-refractivity contribution in [2.75, 3.05) is 20.6 Å². The van der Waals surface area contributed by atoms with Gasteiger partial charge in [0, 0.05) is 24.3 Å². The molecule has 1 N–H and O–H groups in total. The average molecular weight is 272 g/mol. The highest BCUT2D eigenvalue weighted by Gasteiger charge is 2.04. The topological polar surface area (TPSA) is 33.1 Å². The largest absolute Gasteiger partial charge is 0.310 e. The Morgan fingerprint density at radius 3 is 2.70 bits per heavy atom. The second-order valence-corrected chi connectivity index (χ2v) is 5.50. The first-order valence-electron chi connectivity index (χ1n) is 7.12. The van der Waals surface area contributed by atoms with Crippen LogP contribution < -0.4 is 5.32 Å². The minimum absolute atomic E-state index is 0.512. The molecule has 1 atom stereocenters. The summed E-state index contributed by atoms with van der Waals surface area (Å²) in [5.74, 6) is 0. The lowest BCUT2D eigenvalue weighted by Gasteiger charge is -2.16. The molecule has 0 fully saturated rings. The van der Waals surface area contributed by atoms with E-state index in [4.69, 9.17) is 0 Å². The van der Waals surface area contributed by atoms with Crippen LogP contribution in [-0.4, -0.2) is 41.4 Å². The molecule has 1 aromatic carbocycles. The zero-order chi connectivity index (χ0) is 14.4. The third-order valence-corrected chi connectivity index (χ3v) is 3.32. The summed E-state index contributed by atoms with van der Waals surface area (Å²) in [6.07, 6.45) is 5.17. The summed E-state index contributed by atoms with van der Waals surface area (Å²) >= 11 is 0. The van der Waals surface area contributed by atoms with Crippen LogP contribution in [-0.2, 0) is 6.54 Å². The number of aromatic nitrogens is 2. The van der Waals surface area contributed by atoms with Gasteiger partial charge >= 0.3 is 0 Å². The second-order valence-electron chi connectivity index (χ2n) is 5.50. The van der Waals surface area contributed by atoms with Crippen molar-refractivity contribution in [3.8, 4) is 5.69 Å². The van der Waals surface area contributed by atoms with E-state index in [9.17, 15) is 0 Å². The molecule has 2 rings (SSSR count). The molecule has 1 aromatic heterocycles. The fourth-order valence-electron chi connectivity index (χ4n) is 2.02. The Morgan fingerprint density at radius 2 is 2.00 bits per heavy atom. The Labute approximate surface area is 121 Å². The van der Waals surface area contributed by atoms with Crippen molar-refractivity contribution in [1.82, 2.24) is 20.0 Å². The molecule has 0 aliphatic carbocycles. The minimum Gasteiger partial charge on any atom is -0.310 e. The van der Waals surface area contributed by atoms with Gasteiger partial charge in [-0.15, -0.1) is 0 Å². The molecule has 0 saturated carbocycles. The van der Waals surface area contributed by atoms with Crippen LogP contribution in [0.5, 0.6) is 0 Å². The molecule has 2 aromatic rings. The monoisotopic (exact) mass is 272 g/mol. The number of hydrogen-bond acceptors (Lipinski definition) is 3. The quantitative estimate of drug-likeness (QED) is 0.839. The maximum Gasteiger partial charge on any atom is 0.0645 e. The first-order valence-corrected chi connectivity index (χ1v) is 7.12. The van der Waals surface area contributed by atoms with Gasteiger partial charge in [0.25, 0.3) is 0 Å². The smallest absolute Gasteiger partial charge is 0.0645 e. The molecule has 4 heteroatoms. The molecule has 0 saturated heterocycles. The molecule has 0 amide bonds. The van der Waals surface area contributed by atoms with E-state index in [0.717, 1.165) is 25.2 Å². The fourth-order valence-corrected chi connectivity index (χ4v) is 2.02. The second kappa shape index (κ2) is 7.22. The van der Waals surface area contributed by atoms with Crippen LogP contribution in [0.4, 0.5) is 0 Å². The molecular formula is C16H24N4. The molecule has 0 aliphatic heterocycles. The van der Waals surface area contributed by atoms with Crippen LogP contribution >= 0.6 is 0 Å². The Hall–Kier alpha value is -1.65. The molecule has 0 spiro atoms.